The maximum Gasteiger partial charge on any atom is 0.309 e. The van der Waals surface area contributed by atoms with Crippen molar-refractivity contribution < 1.29 is 4.42 Å². The van der Waals surface area contributed by atoms with Crippen LogP contribution in [0.4, 0.5) is 5.82 Å². The molecule has 0 aliphatic rings. The Labute approximate surface area is 222 Å². The molecule has 0 spiro atoms. The quantitative estimate of drug-likeness (QED) is 0.225. The predicted octanol–water partition coefficient (Wildman–Crippen LogP) is 8.91. The van der Waals surface area contributed by atoms with E-state index >= 15 is 0 Å². The van der Waals surface area contributed by atoms with E-state index in [1.165, 1.54) is 10.8 Å². The average molecular weight is 505 g/mol. The highest BCUT2D eigenvalue weighted by Crippen LogP contribution is 2.37. The van der Waals surface area contributed by atoms with E-state index in [9.17, 15) is 4.91 Å². The summed E-state index contributed by atoms with van der Waals surface area (Å²) in [5, 5.41) is 5.80. The molecule has 0 aliphatic heterocycles. The zero-order valence-electron chi connectivity index (χ0n) is 20.7. The van der Waals surface area contributed by atoms with Crippen molar-refractivity contribution in [3.8, 4) is 28.1 Å². The first-order chi connectivity index (χ1) is 19.3. The van der Waals surface area contributed by atoms with E-state index in [2.05, 4.69) is 75.4 Å². The third-order valence-corrected chi connectivity index (χ3v) is 7.40. The molecule has 0 unspecified atom stereocenters. The lowest BCUT2D eigenvalue weighted by molar-refractivity contribution is 0.642. The summed E-state index contributed by atoms with van der Waals surface area (Å²) in [5.74, 6) is 0.562. The molecule has 3 heterocycles. The summed E-state index contributed by atoms with van der Waals surface area (Å²) in [4.78, 5) is 16.8. The highest BCUT2D eigenvalue weighted by Gasteiger charge is 2.21. The number of aromatic nitrogens is 3. The Kier molecular flexibility index (Phi) is 4.57. The number of nitroso groups, excluding NO2 is 1. The Hall–Kier alpha value is -5.49. The molecule has 39 heavy (non-hydrogen) atoms. The minimum Gasteiger partial charge on any atom is -0.423 e. The zero-order chi connectivity index (χ0) is 25.9. The highest BCUT2D eigenvalue weighted by molar-refractivity contribution is 6.09. The summed E-state index contributed by atoms with van der Waals surface area (Å²) >= 11 is 0. The van der Waals surface area contributed by atoms with Gasteiger partial charge >= 0.3 is 5.84 Å². The number of oxazole rings is 1. The molecule has 0 saturated heterocycles. The lowest BCUT2D eigenvalue weighted by Crippen LogP contribution is -1.93. The van der Waals surface area contributed by atoms with E-state index < -0.39 is 0 Å². The van der Waals surface area contributed by atoms with Gasteiger partial charge in [-0.1, -0.05) is 84.9 Å². The number of hydrogen-bond acceptors (Lipinski definition) is 4. The maximum atomic E-state index is 12.1. The number of benzene rings is 5. The largest absolute Gasteiger partial charge is 0.423 e. The van der Waals surface area contributed by atoms with Gasteiger partial charge in [-0.3, -0.25) is 0 Å². The van der Waals surface area contributed by atoms with Crippen molar-refractivity contribution in [2.75, 3.05) is 0 Å². The van der Waals surface area contributed by atoms with Crippen molar-refractivity contribution in [3.63, 3.8) is 0 Å². The molecule has 6 heteroatoms. The summed E-state index contributed by atoms with van der Waals surface area (Å²) in [6.45, 7) is 0. The van der Waals surface area contributed by atoms with Crippen molar-refractivity contribution in [2.24, 2.45) is 5.18 Å². The van der Waals surface area contributed by atoms with Crippen LogP contribution < -0.4 is 0 Å². The van der Waals surface area contributed by atoms with Crippen LogP contribution in [-0.2, 0) is 0 Å². The predicted molar refractivity (Wildman–Crippen MR) is 156 cm³/mol. The van der Waals surface area contributed by atoms with Crippen molar-refractivity contribution >= 4 is 44.6 Å². The molecule has 8 rings (SSSR count). The summed E-state index contributed by atoms with van der Waals surface area (Å²) in [5.41, 5.74) is 8.11. The van der Waals surface area contributed by atoms with E-state index in [1.54, 1.807) is 4.40 Å². The van der Waals surface area contributed by atoms with E-state index in [-0.39, 0.29) is 5.82 Å². The van der Waals surface area contributed by atoms with Crippen LogP contribution in [-0.4, -0.2) is 14.0 Å². The fraction of sp³-hybridized carbons (Fsp3) is 0. The Morgan fingerprint density at radius 1 is 0.615 bits per heavy atom. The average Bonchev–Trinajstić information content (AvgIpc) is 3.65. The molecule has 0 fully saturated rings. The number of nitrogens with zero attached hydrogens (tertiary/aromatic N) is 4. The van der Waals surface area contributed by atoms with Gasteiger partial charge in [-0.2, -0.15) is 4.98 Å². The van der Waals surface area contributed by atoms with E-state index in [1.807, 2.05) is 60.7 Å². The molecule has 0 N–H and O–H groups in total. The summed E-state index contributed by atoms with van der Waals surface area (Å²) in [6.07, 6.45) is 0. The van der Waals surface area contributed by atoms with Gasteiger partial charge in [-0.15, -0.1) is 4.91 Å². The monoisotopic (exact) mass is 504 g/mol. The van der Waals surface area contributed by atoms with Crippen LogP contribution in [0.25, 0.3) is 66.8 Å². The van der Waals surface area contributed by atoms with Crippen molar-refractivity contribution in [1.82, 2.24) is 14.0 Å². The van der Waals surface area contributed by atoms with Crippen molar-refractivity contribution in [2.45, 2.75) is 0 Å². The number of hydrogen-bond donors (Lipinski definition) is 0. The lowest BCUT2D eigenvalue weighted by Gasteiger charge is -2.08. The van der Waals surface area contributed by atoms with Gasteiger partial charge in [-0.05, 0) is 52.7 Å². The molecule has 0 radical (unpaired) electrons. The van der Waals surface area contributed by atoms with Crippen LogP contribution in [0.3, 0.4) is 0 Å². The molecule has 3 aromatic heterocycles. The summed E-state index contributed by atoms with van der Waals surface area (Å²) < 4.78 is 10.0. The molecule has 0 aliphatic carbocycles. The smallest absolute Gasteiger partial charge is 0.309 e. The topological polar surface area (TPSA) is 64.8 Å². The number of para-hydroxylation sites is 2. The molecular formula is C33H20N4O2. The van der Waals surface area contributed by atoms with Crippen molar-refractivity contribution in [1.29, 1.82) is 0 Å². The third-order valence-electron chi connectivity index (χ3n) is 7.40. The first kappa shape index (κ1) is 21.6. The Morgan fingerprint density at radius 2 is 1.26 bits per heavy atom. The fourth-order valence-electron chi connectivity index (χ4n) is 5.61. The second-order valence-corrected chi connectivity index (χ2v) is 9.56. The Morgan fingerprint density at radius 3 is 1.95 bits per heavy atom. The van der Waals surface area contributed by atoms with Gasteiger partial charge in [0.1, 0.15) is 5.69 Å². The van der Waals surface area contributed by atoms with Crippen LogP contribution >= 0.6 is 0 Å². The fourth-order valence-corrected chi connectivity index (χ4v) is 5.61. The third kappa shape index (κ3) is 3.18. The molecule has 0 bridgehead atoms. The molecule has 184 valence electrons. The summed E-state index contributed by atoms with van der Waals surface area (Å²) in [7, 11) is 0. The van der Waals surface area contributed by atoms with Crippen LogP contribution in [0.15, 0.2) is 131 Å². The second kappa shape index (κ2) is 8.26. The molecule has 8 aromatic rings. The van der Waals surface area contributed by atoms with Crippen molar-refractivity contribution in [3.05, 3.63) is 126 Å². The second-order valence-electron chi connectivity index (χ2n) is 9.56. The lowest BCUT2D eigenvalue weighted by atomic mass is 10.1. The number of rotatable bonds is 4. The minimum atomic E-state index is 0.223. The van der Waals surface area contributed by atoms with E-state index in [4.69, 9.17) is 4.42 Å². The molecule has 0 atom stereocenters. The first-order valence-electron chi connectivity index (χ1n) is 12.7. The van der Waals surface area contributed by atoms with E-state index in [0.717, 1.165) is 38.9 Å². The SMILES string of the molecule is O=Nc1c(-c2ccc(-n3c4ccccc4c4ccccc43)cc2)nc2oc3cc(-c4ccccc4)ccc3n12. The zero-order valence-corrected chi connectivity index (χ0v) is 20.7. The highest BCUT2D eigenvalue weighted by atomic mass is 16.4. The van der Waals surface area contributed by atoms with Gasteiger partial charge in [0.05, 0.1) is 16.6 Å². The van der Waals surface area contributed by atoms with E-state index in [0.29, 0.717) is 17.1 Å². The molecule has 0 amide bonds. The summed E-state index contributed by atoms with van der Waals surface area (Å²) in [6, 6.07) is 40.9. The number of fused-ring (bicyclic) bond motifs is 6. The van der Waals surface area contributed by atoms with Gasteiger partial charge in [0, 0.05) is 22.0 Å². The maximum absolute atomic E-state index is 12.1. The Bertz CT molecular complexity index is 2130. The van der Waals surface area contributed by atoms with Crippen LogP contribution in [0.5, 0.6) is 0 Å². The van der Waals surface area contributed by atoms with Gasteiger partial charge in [-0.25, -0.2) is 4.40 Å². The molecular weight excluding hydrogens is 484 g/mol. The van der Waals surface area contributed by atoms with Gasteiger partial charge in [0.25, 0.3) is 0 Å². The minimum absolute atomic E-state index is 0.223. The molecule has 6 nitrogen and oxygen atoms in total. The Balaban J connectivity index is 1.24. The van der Waals surface area contributed by atoms with Crippen LogP contribution in [0.2, 0.25) is 0 Å². The molecule has 5 aromatic carbocycles. The van der Waals surface area contributed by atoms with Crippen LogP contribution in [0, 0.1) is 4.91 Å². The van der Waals surface area contributed by atoms with Gasteiger partial charge < -0.3 is 8.98 Å². The standard InChI is InChI=1S/C33H20N4O2/c38-35-32-31(34-33-37(32)29-19-16-23(20-30(29)39-33)21-8-2-1-3-9-21)22-14-17-24(18-15-22)36-27-12-6-4-10-25(27)26-11-5-7-13-28(26)36/h1-20H. The normalized spacial score (nSPS) is 11.7. The van der Waals surface area contributed by atoms with Gasteiger partial charge in [0.2, 0.25) is 5.82 Å². The molecule has 0 saturated carbocycles. The van der Waals surface area contributed by atoms with Gasteiger partial charge in [0.15, 0.2) is 5.58 Å². The first-order valence-corrected chi connectivity index (χ1v) is 12.7. The number of imidazole rings is 1. The van der Waals surface area contributed by atoms with Crippen LogP contribution in [0.1, 0.15) is 0 Å².